The first-order valence-corrected chi connectivity index (χ1v) is 6.40. The van der Waals surface area contributed by atoms with Crippen LogP contribution in [0.15, 0.2) is 0 Å². The van der Waals surface area contributed by atoms with Crippen LogP contribution in [0.4, 0.5) is 0 Å². The van der Waals surface area contributed by atoms with Gasteiger partial charge in [-0.15, -0.1) is 0 Å². The Balaban J connectivity index is 2.03. The fourth-order valence-corrected chi connectivity index (χ4v) is 2.52. The standard InChI is InChI=1S/C12H20N2O3/c1-2-3-10-12(16)14(8-11(15)13-10)9-4-6-17-7-5-9/h9-10H,2-8H2,1H3,(H,13,15). The van der Waals surface area contributed by atoms with Crippen molar-refractivity contribution < 1.29 is 14.3 Å². The summed E-state index contributed by atoms with van der Waals surface area (Å²) in [5.41, 5.74) is 0. The molecule has 2 saturated heterocycles. The van der Waals surface area contributed by atoms with Crippen molar-refractivity contribution in [3.8, 4) is 0 Å². The molecule has 0 aromatic rings. The Bertz CT molecular complexity index is 300. The summed E-state index contributed by atoms with van der Waals surface area (Å²) in [5.74, 6) is 0.0490. The van der Waals surface area contributed by atoms with E-state index < -0.39 is 0 Å². The second kappa shape index (κ2) is 5.49. The highest BCUT2D eigenvalue weighted by Crippen LogP contribution is 2.18. The number of hydrogen-bond acceptors (Lipinski definition) is 3. The third kappa shape index (κ3) is 2.77. The van der Waals surface area contributed by atoms with E-state index in [4.69, 9.17) is 4.74 Å². The van der Waals surface area contributed by atoms with Gasteiger partial charge in [-0.1, -0.05) is 13.3 Å². The molecule has 2 amide bonds. The minimum Gasteiger partial charge on any atom is -0.381 e. The second-order valence-corrected chi connectivity index (χ2v) is 4.72. The van der Waals surface area contributed by atoms with Gasteiger partial charge in [-0.25, -0.2) is 0 Å². The van der Waals surface area contributed by atoms with Gasteiger partial charge in [0, 0.05) is 19.3 Å². The molecule has 2 aliphatic heterocycles. The predicted molar refractivity (Wildman–Crippen MR) is 62.4 cm³/mol. The molecule has 96 valence electrons. The molecule has 5 heteroatoms. The van der Waals surface area contributed by atoms with Crippen LogP contribution in [0.3, 0.4) is 0 Å². The minimum atomic E-state index is -0.316. The number of rotatable bonds is 3. The first-order chi connectivity index (χ1) is 8.22. The number of ether oxygens (including phenoxy) is 1. The van der Waals surface area contributed by atoms with E-state index in [1.807, 2.05) is 6.92 Å². The molecule has 17 heavy (non-hydrogen) atoms. The maximum Gasteiger partial charge on any atom is 0.245 e. The number of carbonyl (C=O) groups excluding carboxylic acids is 2. The van der Waals surface area contributed by atoms with E-state index >= 15 is 0 Å². The van der Waals surface area contributed by atoms with Crippen molar-refractivity contribution in [2.24, 2.45) is 0 Å². The molecule has 0 aromatic carbocycles. The number of piperazine rings is 1. The van der Waals surface area contributed by atoms with Gasteiger partial charge < -0.3 is 15.0 Å². The van der Waals surface area contributed by atoms with Crippen LogP contribution in [-0.4, -0.2) is 48.6 Å². The predicted octanol–water partition coefficient (Wildman–Crippen LogP) is 0.292. The Morgan fingerprint density at radius 1 is 1.35 bits per heavy atom. The highest BCUT2D eigenvalue weighted by atomic mass is 16.5. The molecule has 2 fully saturated rings. The zero-order valence-corrected chi connectivity index (χ0v) is 10.3. The zero-order valence-electron chi connectivity index (χ0n) is 10.3. The van der Waals surface area contributed by atoms with Crippen LogP contribution < -0.4 is 5.32 Å². The topological polar surface area (TPSA) is 58.6 Å². The number of nitrogens with zero attached hydrogens (tertiary/aromatic N) is 1. The SMILES string of the molecule is CCCC1NC(=O)CN(C2CCOCC2)C1=O. The van der Waals surface area contributed by atoms with E-state index in [0.29, 0.717) is 13.2 Å². The highest BCUT2D eigenvalue weighted by Gasteiger charge is 2.36. The van der Waals surface area contributed by atoms with Crippen LogP contribution >= 0.6 is 0 Å². The smallest absolute Gasteiger partial charge is 0.245 e. The van der Waals surface area contributed by atoms with E-state index in [1.165, 1.54) is 0 Å². The molecule has 0 radical (unpaired) electrons. The van der Waals surface area contributed by atoms with Crippen molar-refractivity contribution in [1.82, 2.24) is 10.2 Å². The van der Waals surface area contributed by atoms with Crippen molar-refractivity contribution in [2.75, 3.05) is 19.8 Å². The van der Waals surface area contributed by atoms with Crippen molar-refractivity contribution in [2.45, 2.75) is 44.7 Å². The first kappa shape index (κ1) is 12.4. The van der Waals surface area contributed by atoms with Gasteiger partial charge in [0.1, 0.15) is 6.04 Å². The lowest BCUT2D eigenvalue weighted by molar-refractivity contribution is -0.148. The highest BCUT2D eigenvalue weighted by molar-refractivity contribution is 5.95. The molecule has 1 atom stereocenters. The van der Waals surface area contributed by atoms with Gasteiger partial charge in [0.15, 0.2) is 0 Å². The summed E-state index contributed by atoms with van der Waals surface area (Å²) in [6.07, 6.45) is 3.32. The van der Waals surface area contributed by atoms with Crippen molar-refractivity contribution >= 4 is 11.8 Å². The van der Waals surface area contributed by atoms with Gasteiger partial charge in [-0.05, 0) is 19.3 Å². The van der Waals surface area contributed by atoms with Gasteiger partial charge >= 0.3 is 0 Å². The average molecular weight is 240 g/mol. The maximum atomic E-state index is 12.2. The Morgan fingerprint density at radius 2 is 2.06 bits per heavy atom. The first-order valence-electron chi connectivity index (χ1n) is 6.40. The minimum absolute atomic E-state index is 0.0328. The summed E-state index contributed by atoms with van der Waals surface area (Å²) in [6.45, 7) is 3.61. The van der Waals surface area contributed by atoms with Gasteiger partial charge in [0.2, 0.25) is 11.8 Å². The van der Waals surface area contributed by atoms with E-state index in [1.54, 1.807) is 4.90 Å². The Kier molecular flexibility index (Phi) is 3.99. The van der Waals surface area contributed by atoms with Gasteiger partial charge in [-0.2, -0.15) is 0 Å². The summed E-state index contributed by atoms with van der Waals surface area (Å²) >= 11 is 0. The van der Waals surface area contributed by atoms with E-state index in [9.17, 15) is 9.59 Å². The van der Waals surface area contributed by atoms with Crippen molar-refractivity contribution in [3.63, 3.8) is 0 Å². The lowest BCUT2D eigenvalue weighted by atomic mass is 10.0. The number of hydrogen-bond donors (Lipinski definition) is 1. The second-order valence-electron chi connectivity index (χ2n) is 4.72. The van der Waals surface area contributed by atoms with Crippen LogP contribution in [0, 0.1) is 0 Å². The van der Waals surface area contributed by atoms with Crippen LogP contribution in [0.25, 0.3) is 0 Å². The number of amides is 2. The van der Waals surface area contributed by atoms with Crippen molar-refractivity contribution in [1.29, 1.82) is 0 Å². The quantitative estimate of drug-likeness (QED) is 0.771. The molecule has 0 saturated carbocycles. The number of nitrogens with one attached hydrogen (secondary N) is 1. The molecule has 0 aliphatic carbocycles. The Hall–Kier alpha value is -1.10. The molecule has 2 heterocycles. The Morgan fingerprint density at radius 3 is 2.71 bits per heavy atom. The largest absolute Gasteiger partial charge is 0.381 e. The summed E-state index contributed by atoms with van der Waals surface area (Å²) in [5, 5.41) is 2.77. The van der Waals surface area contributed by atoms with E-state index in [0.717, 1.165) is 25.7 Å². The van der Waals surface area contributed by atoms with Crippen LogP contribution in [0.5, 0.6) is 0 Å². The molecule has 5 nitrogen and oxygen atoms in total. The lowest BCUT2D eigenvalue weighted by Crippen LogP contribution is -2.61. The fraction of sp³-hybridized carbons (Fsp3) is 0.833. The number of carbonyl (C=O) groups is 2. The van der Waals surface area contributed by atoms with E-state index in [-0.39, 0.29) is 30.4 Å². The molecule has 1 N–H and O–H groups in total. The van der Waals surface area contributed by atoms with Gasteiger partial charge in [-0.3, -0.25) is 9.59 Å². The third-order valence-electron chi connectivity index (χ3n) is 3.44. The molecule has 0 spiro atoms. The van der Waals surface area contributed by atoms with Crippen LogP contribution in [0.1, 0.15) is 32.6 Å². The summed E-state index contributed by atoms with van der Waals surface area (Å²) in [4.78, 5) is 25.6. The van der Waals surface area contributed by atoms with Gasteiger partial charge in [0.25, 0.3) is 0 Å². The van der Waals surface area contributed by atoms with Crippen molar-refractivity contribution in [3.05, 3.63) is 0 Å². The van der Waals surface area contributed by atoms with Crippen LogP contribution in [0.2, 0.25) is 0 Å². The summed E-state index contributed by atoms with van der Waals surface area (Å²) in [7, 11) is 0. The Labute approximate surface area is 101 Å². The maximum absolute atomic E-state index is 12.2. The summed E-state index contributed by atoms with van der Waals surface area (Å²) < 4.78 is 5.29. The third-order valence-corrected chi connectivity index (χ3v) is 3.44. The normalized spacial score (nSPS) is 27.1. The molecule has 0 bridgehead atoms. The summed E-state index contributed by atoms with van der Waals surface area (Å²) in [6, 6.07) is -0.134. The molecular formula is C12H20N2O3. The van der Waals surface area contributed by atoms with Crippen LogP contribution in [-0.2, 0) is 14.3 Å². The molecule has 2 aliphatic rings. The average Bonchev–Trinajstić information content (AvgIpc) is 2.35. The lowest BCUT2D eigenvalue weighted by Gasteiger charge is -2.39. The molecular weight excluding hydrogens is 220 g/mol. The van der Waals surface area contributed by atoms with Gasteiger partial charge in [0.05, 0.1) is 6.54 Å². The van der Waals surface area contributed by atoms with E-state index in [2.05, 4.69) is 5.32 Å². The monoisotopic (exact) mass is 240 g/mol. The molecule has 2 rings (SSSR count). The molecule has 0 aromatic heterocycles. The fourth-order valence-electron chi connectivity index (χ4n) is 2.52. The zero-order chi connectivity index (χ0) is 12.3. The molecule has 1 unspecified atom stereocenters.